The van der Waals surface area contributed by atoms with Crippen LogP contribution in [0.2, 0.25) is 0 Å². The van der Waals surface area contributed by atoms with Gasteiger partial charge in [-0.05, 0) is 99.7 Å². The van der Waals surface area contributed by atoms with Crippen LogP contribution in [0.25, 0.3) is 0 Å². The van der Waals surface area contributed by atoms with Gasteiger partial charge in [0.1, 0.15) is 91.6 Å². The Labute approximate surface area is 430 Å². The van der Waals surface area contributed by atoms with Crippen LogP contribution in [0.3, 0.4) is 0 Å². The van der Waals surface area contributed by atoms with E-state index in [1.807, 2.05) is 6.92 Å². The summed E-state index contributed by atoms with van der Waals surface area (Å²) >= 11 is 0. The van der Waals surface area contributed by atoms with E-state index in [1.54, 1.807) is 0 Å². The molecule has 424 valence electrons. The van der Waals surface area contributed by atoms with E-state index in [1.165, 1.54) is 12.5 Å². The molecule has 3 saturated carbocycles. The molecule has 6 aliphatic heterocycles. The number of fused-ring (bicyclic) bond motifs is 7. The number of hydrogen-bond acceptors (Lipinski definition) is 23. The lowest BCUT2D eigenvalue weighted by molar-refractivity contribution is -0.389. The van der Waals surface area contributed by atoms with Gasteiger partial charge in [0, 0.05) is 12.3 Å². The molecular weight excluding hydrogens is 981 g/mol. The summed E-state index contributed by atoms with van der Waals surface area (Å²) in [5.74, 6) is 0.731. The van der Waals surface area contributed by atoms with E-state index in [-0.39, 0.29) is 35.4 Å². The zero-order valence-corrected chi connectivity index (χ0v) is 42.8. The maximum Gasteiger partial charge on any atom is 0.187 e. The van der Waals surface area contributed by atoms with Crippen molar-refractivity contribution >= 4 is 0 Å². The summed E-state index contributed by atoms with van der Waals surface area (Å²) in [4.78, 5) is 0. The molecule has 23 heteroatoms. The van der Waals surface area contributed by atoms with Gasteiger partial charge in [-0.1, -0.05) is 32.4 Å². The molecule has 13 N–H and O–H groups in total. The number of aliphatic hydroxyl groups is 13. The topological polar surface area (TPSA) is 355 Å². The first-order valence-electron chi connectivity index (χ1n) is 26.9. The van der Waals surface area contributed by atoms with Gasteiger partial charge in [-0.2, -0.15) is 0 Å². The molecule has 0 amide bonds. The minimum Gasteiger partial charge on any atom is -0.394 e. The molecule has 0 aromatic rings. The average Bonchev–Trinajstić information content (AvgIpc) is 3.98. The lowest BCUT2D eigenvalue weighted by atomic mass is 9.47. The highest BCUT2D eigenvalue weighted by Crippen LogP contribution is 2.71. The van der Waals surface area contributed by atoms with E-state index in [0.717, 1.165) is 32.1 Å². The monoisotopic (exact) mass is 1060 g/mol. The van der Waals surface area contributed by atoms with Crippen LogP contribution in [0.1, 0.15) is 92.4 Å². The van der Waals surface area contributed by atoms with E-state index in [2.05, 4.69) is 26.8 Å². The van der Waals surface area contributed by atoms with Crippen LogP contribution in [0.4, 0.5) is 0 Å². The fourth-order valence-corrected chi connectivity index (χ4v) is 15.6. The van der Waals surface area contributed by atoms with Crippen LogP contribution < -0.4 is 0 Å². The van der Waals surface area contributed by atoms with Crippen LogP contribution in [0.15, 0.2) is 11.6 Å². The largest absolute Gasteiger partial charge is 0.394 e. The van der Waals surface area contributed by atoms with Crippen LogP contribution in [0.5, 0.6) is 0 Å². The first-order chi connectivity index (χ1) is 35.0. The predicted octanol–water partition coefficient (Wildman–Crippen LogP) is -2.85. The number of allylic oxidation sites excluding steroid dienone is 1. The highest BCUT2D eigenvalue weighted by atomic mass is 16.8. The highest BCUT2D eigenvalue weighted by molar-refractivity contribution is 5.27. The minimum absolute atomic E-state index is 0.00240. The number of ether oxygens (including phenoxy) is 10. The summed E-state index contributed by atoms with van der Waals surface area (Å²) < 4.78 is 62.0. The molecule has 23 nitrogen and oxygen atoms in total. The second kappa shape index (κ2) is 21.0. The van der Waals surface area contributed by atoms with Gasteiger partial charge in [0.05, 0.1) is 50.3 Å². The first-order valence-corrected chi connectivity index (χ1v) is 26.9. The molecule has 6 saturated heterocycles. The van der Waals surface area contributed by atoms with E-state index < -0.39 is 160 Å². The van der Waals surface area contributed by atoms with Gasteiger partial charge >= 0.3 is 0 Å². The van der Waals surface area contributed by atoms with Crippen LogP contribution in [-0.4, -0.2) is 239 Å². The summed E-state index contributed by atoms with van der Waals surface area (Å²) in [6, 6.07) is 0. The van der Waals surface area contributed by atoms with Crippen molar-refractivity contribution < 1.29 is 114 Å². The van der Waals surface area contributed by atoms with Crippen LogP contribution in [-0.2, 0) is 47.4 Å². The Morgan fingerprint density at radius 1 is 0.581 bits per heavy atom. The number of hydrogen-bond donors (Lipinski definition) is 13. The van der Waals surface area contributed by atoms with Gasteiger partial charge in [-0.3, -0.25) is 0 Å². The lowest BCUT2D eigenvalue weighted by Gasteiger charge is -2.58. The maximum absolute atomic E-state index is 12.1. The van der Waals surface area contributed by atoms with Gasteiger partial charge in [-0.25, -0.2) is 0 Å². The summed E-state index contributed by atoms with van der Waals surface area (Å²) in [5, 5.41) is 137. The minimum atomic E-state index is -1.85. The molecular formula is C51H82O23. The van der Waals surface area contributed by atoms with Crippen molar-refractivity contribution in [1.29, 1.82) is 0 Å². The SMILES string of the molecule is C[C@@H]1O[C@@H](O[C@H]2[C@H](O[C@H]3CC[C@@]4(C)C(=CC[C@H]5[C@@H]6C[C@@H]7O[C@]8(CC[C@@](C)(CO[C@@H]9O[C@H](CO)[C@@H](O)[C@H](O)[C@H]9O)O8)[C@@H](C)[C@@H]7[C@@]6(C)CC[C@@H]54)C3)O[C@H](CO)[C@@H](O[C@@H]3O[C@H](CO)[C@@H](O)[C@H](O)[C@H]3O)[C@@H]2O)C(O)C(O)[C@H]1O. The smallest absolute Gasteiger partial charge is 0.187 e. The Kier molecular flexibility index (Phi) is 16.0. The van der Waals surface area contributed by atoms with Gasteiger partial charge in [0.15, 0.2) is 30.9 Å². The van der Waals surface area contributed by atoms with E-state index >= 15 is 0 Å². The van der Waals surface area contributed by atoms with E-state index in [0.29, 0.717) is 43.4 Å². The van der Waals surface area contributed by atoms with Gasteiger partial charge in [-0.15, -0.1) is 0 Å². The molecule has 10 aliphatic rings. The third-order valence-electron chi connectivity index (χ3n) is 19.9. The average molecular weight is 1060 g/mol. The molecule has 0 aromatic heterocycles. The zero-order valence-electron chi connectivity index (χ0n) is 42.8. The molecule has 0 aromatic carbocycles. The van der Waals surface area contributed by atoms with E-state index in [9.17, 15) is 66.4 Å². The summed E-state index contributed by atoms with van der Waals surface area (Å²) in [7, 11) is 0. The zero-order chi connectivity index (χ0) is 53.1. The van der Waals surface area contributed by atoms with Crippen molar-refractivity contribution in [2.45, 2.75) is 239 Å². The summed E-state index contributed by atoms with van der Waals surface area (Å²) in [6.45, 7) is 8.48. The van der Waals surface area contributed by atoms with Crippen molar-refractivity contribution in [3.8, 4) is 0 Å². The molecule has 4 aliphatic carbocycles. The molecule has 31 atom stereocenters. The molecule has 6 heterocycles. The Hall–Kier alpha value is -1.18. The fraction of sp³-hybridized carbons (Fsp3) is 0.961. The molecule has 9 fully saturated rings. The van der Waals surface area contributed by atoms with Crippen LogP contribution in [0, 0.1) is 40.4 Å². The summed E-state index contributed by atoms with van der Waals surface area (Å²) in [5.41, 5.74) is 0.338. The number of aliphatic hydroxyl groups excluding tert-OH is 13. The van der Waals surface area contributed by atoms with E-state index in [4.69, 9.17) is 47.4 Å². The predicted molar refractivity (Wildman–Crippen MR) is 248 cm³/mol. The fourth-order valence-electron chi connectivity index (χ4n) is 15.6. The van der Waals surface area contributed by atoms with Crippen molar-refractivity contribution in [3.05, 3.63) is 11.6 Å². The lowest BCUT2D eigenvalue weighted by Crippen LogP contribution is -2.67. The summed E-state index contributed by atoms with van der Waals surface area (Å²) in [6.07, 6.45) is -21.4. The standard InChI is InChI=1S/C51H82O23/c1-20-31-27(73-51(20)13-12-48(3,74-51)19-65-44-38(61)36(59)33(56)28(16-52)68-44)15-26-24-7-6-22-14-23(8-10-49(22,4)25(24)9-11-50(26,31)5)67-47-43(72-45-39(62)35(58)32(55)21(2)66-45)41(64)42(30(18-54)70-47)71-46-40(63)37(60)34(57)29(17-53)69-46/h6,20-21,23-47,52-64H,7-19H2,1-5H3/t20-,21-,23-,24+,25-,26-,27-,28+,29+,30+,31-,32-,33+,34+,35?,36-,37-,38+,39?,40+,41-,42+,43+,44+,45-,46-,47+,48-,49-,50-,51-/m0/s1. The Bertz CT molecular complexity index is 1980. The van der Waals surface area contributed by atoms with Crippen molar-refractivity contribution in [2.75, 3.05) is 26.4 Å². The molecule has 10 rings (SSSR count). The second-order valence-electron chi connectivity index (χ2n) is 24.2. The first kappa shape index (κ1) is 56.1. The van der Waals surface area contributed by atoms with Gasteiger partial charge < -0.3 is 114 Å². The third kappa shape index (κ3) is 9.38. The van der Waals surface area contributed by atoms with Gasteiger partial charge in [0.25, 0.3) is 0 Å². The normalized spacial score (nSPS) is 57.4. The Morgan fingerprint density at radius 3 is 1.84 bits per heavy atom. The molecule has 74 heavy (non-hydrogen) atoms. The molecule has 2 unspecified atom stereocenters. The molecule has 0 bridgehead atoms. The van der Waals surface area contributed by atoms with Crippen molar-refractivity contribution in [1.82, 2.24) is 0 Å². The van der Waals surface area contributed by atoms with Crippen molar-refractivity contribution in [3.63, 3.8) is 0 Å². The Morgan fingerprint density at radius 2 is 1.18 bits per heavy atom. The third-order valence-corrected chi connectivity index (χ3v) is 19.9. The van der Waals surface area contributed by atoms with Crippen molar-refractivity contribution in [2.24, 2.45) is 40.4 Å². The molecule has 0 radical (unpaired) electrons. The van der Waals surface area contributed by atoms with Crippen LogP contribution >= 0.6 is 0 Å². The number of rotatable bonds is 12. The van der Waals surface area contributed by atoms with Gasteiger partial charge in [0.2, 0.25) is 0 Å². The Balaban J connectivity index is 0.811. The second-order valence-corrected chi connectivity index (χ2v) is 24.2. The molecule has 1 spiro atoms. The maximum atomic E-state index is 12.1. The highest BCUT2D eigenvalue weighted by Gasteiger charge is 2.70. The quantitative estimate of drug-likeness (QED) is 0.0875.